The van der Waals surface area contributed by atoms with Crippen LogP contribution in [0.15, 0.2) is 64.5 Å². The Bertz CT molecular complexity index is 1840. The number of piperidine rings is 1. The van der Waals surface area contributed by atoms with E-state index in [1.165, 1.54) is 33.6 Å². The maximum Gasteiger partial charge on any atom is 0.330 e. The Morgan fingerprint density at radius 1 is 1.20 bits per heavy atom. The zero-order valence-electron chi connectivity index (χ0n) is 24.9. The van der Waals surface area contributed by atoms with E-state index in [4.69, 9.17) is 32.9 Å². The van der Waals surface area contributed by atoms with Crippen LogP contribution < -0.4 is 21.3 Å². The van der Waals surface area contributed by atoms with E-state index in [2.05, 4.69) is 10.3 Å². The van der Waals surface area contributed by atoms with Crippen LogP contribution in [0.5, 0.6) is 5.88 Å². The van der Waals surface area contributed by atoms with Crippen LogP contribution in [-0.2, 0) is 31.0 Å². The molecule has 0 radical (unpaired) electrons. The fourth-order valence-corrected chi connectivity index (χ4v) is 6.44. The molecule has 12 nitrogen and oxygen atoms in total. The summed E-state index contributed by atoms with van der Waals surface area (Å²) >= 11 is 13.8. The van der Waals surface area contributed by atoms with E-state index in [-0.39, 0.29) is 23.7 Å². The lowest BCUT2D eigenvalue weighted by atomic mass is 9.80. The van der Waals surface area contributed by atoms with Crippen molar-refractivity contribution < 1.29 is 19.4 Å². The quantitative estimate of drug-likeness (QED) is 0.350. The molecule has 1 amide bonds. The Morgan fingerprint density at radius 2 is 1.96 bits per heavy atom. The van der Waals surface area contributed by atoms with Crippen LogP contribution in [0.25, 0.3) is 5.57 Å². The summed E-state index contributed by atoms with van der Waals surface area (Å²) in [5.74, 6) is -1.58. The molecule has 0 spiro atoms. The number of ether oxygens (including phenoxy) is 1. The van der Waals surface area contributed by atoms with E-state index in [1.807, 2.05) is 4.90 Å². The largest absolute Gasteiger partial charge is 0.480 e. The lowest BCUT2D eigenvalue weighted by Gasteiger charge is -2.39. The van der Waals surface area contributed by atoms with Crippen LogP contribution in [-0.4, -0.2) is 66.1 Å². The number of nitrogens with one attached hydrogen (secondary N) is 1. The second-order valence-corrected chi connectivity index (χ2v) is 11.8. The van der Waals surface area contributed by atoms with Gasteiger partial charge < -0.3 is 19.7 Å². The number of aryl methyl sites for hydroxylation is 1. The summed E-state index contributed by atoms with van der Waals surface area (Å²) in [6, 6.07) is 6.45. The van der Waals surface area contributed by atoms with Gasteiger partial charge >= 0.3 is 11.7 Å². The minimum Gasteiger partial charge on any atom is -0.480 e. The number of halogens is 2. The van der Waals surface area contributed by atoms with Crippen molar-refractivity contribution in [3.8, 4) is 5.88 Å². The van der Waals surface area contributed by atoms with E-state index in [9.17, 15) is 24.3 Å². The molecule has 3 heterocycles. The van der Waals surface area contributed by atoms with Gasteiger partial charge in [0.05, 0.1) is 24.4 Å². The van der Waals surface area contributed by atoms with Gasteiger partial charge in [-0.2, -0.15) is 0 Å². The maximum absolute atomic E-state index is 13.8. The lowest BCUT2D eigenvalue weighted by molar-refractivity contribution is -0.144. The lowest BCUT2D eigenvalue weighted by Crippen LogP contribution is -2.54. The Kier molecular flexibility index (Phi) is 9.28. The number of aliphatic carboxylic acids is 1. The number of rotatable bonds is 8. The van der Waals surface area contributed by atoms with Gasteiger partial charge in [-0.05, 0) is 36.6 Å². The van der Waals surface area contributed by atoms with E-state index >= 15 is 0 Å². The molecule has 3 aromatic rings. The molecule has 0 saturated carbocycles. The number of hydrogen-bond donors (Lipinski definition) is 2. The van der Waals surface area contributed by atoms with Crippen LogP contribution in [0, 0.1) is 0 Å². The van der Waals surface area contributed by atoms with Gasteiger partial charge in [0, 0.05) is 31.9 Å². The first kappa shape index (κ1) is 32.1. The van der Waals surface area contributed by atoms with Gasteiger partial charge in [0.1, 0.15) is 22.8 Å². The number of carboxylic acids is 1. The number of allylic oxidation sites excluding steroid dienone is 2. The third kappa shape index (κ3) is 6.05. The van der Waals surface area contributed by atoms with Crippen molar-refractivity contribution in [1.29, 1.82) is 0 Å². The number of amides is 1. The number of benzene rings is 1. The van der Waals surface area contributed by atoms with Crippen LogP contribution in [0.3, 0.4) is 0 Å². The van der Waals surface area contributed by atoms with Crippen molar-refractivity contribution in [2.45, 2.75) is 42.8 Å². The summed E-state index contributed by atoms with van der Waals surface area (Å²) in [7, 11) is 4.14. The number of carbonyl (C=O) groups excluding carboxylic acids is 1. The van der Waals surface area contributed by atoms with Crippen LogP contribution >= 0.6 is 23.2 Å². The molecule has 45 heavy (non-hydrogen) atoms. The molecule has 1 aliphatic heterocycles. The fraction of sp³-hybridized carbons (Fsp3) is 0.355. The molecule has 1 fully saturated rings. The fourth-order valence-electron chi connectivity index (χ4n) is 5.76. The molecule has 5 rings (SSSR count). The summed E-state index contributed by atoms with van der Waals surface area (Å²) in [6.45, 7) is 0.766. The van der Waals surface area contributed by atoms with Crippen LogP contribution in [0.2, 0.25) is 5.02 Å². The second-order valence-electron chi connectivity index (χ2n) is 11.0. The van der Waals surface area contributed by atoms with Crippen molar-refractivity contribution >= 4 is 40.7 Å². The van der Waals surface area contributed by atoms with Crippen molar-refractivity contribution in [1.82, 2.24) is 29.3 Å². The summed E-state index contributed by atoms with van der Waals surface area (Å²) in [5.41, 5.74) is -1.43. The molecular weight excluding hydrogens is 623 g/mol. The van der Waals surface area contributed by atoms with Gasteiger partial charge in [-0.25, -0.2) is 9.78 Å². The van der Waals surface area contributed by atoms with E-state index < -0.39 is 40.1 Å². The number of carbonyl (C=O) groups is 2. The molecule has 2 aromatic heterocycles. The average Bonchev–Trinajstić information content (AvgIpc) is 3.03. The van der Waals surface area contributed by atoms with Crippen molar-refractivity contribution in [2.24, 2.45) is 14.1 Å². The van der Waals surface area contributed by atoms with Gasteiger partial charge in [0.15, 0.2) is 0 Å². The predicted octanol–water partition coefficient (Wildman–Crippen LogP) is 2.86. The molecule has 236 valence electrons. The number of alkyl halides is 1. The van der Waals surface area contributed by atoms with Crippen molar-refractivity contribution in [3.05, 3.63) is 103 Å². The molecule has 1 saturated heterocycles. The summed E-state index contributed by atoms with van der Waals surface area (Å²) in [4.78, 5) is 62.2. The number of likely N-dealkylation sites (tertiary alicyclic amines) is 1. The summed E-state index contributed by atoms with van der Waals surface area (Å²) < 4.78 is 7.60. The molecule has 14 heteroatoms. The Balaban J connectivity index is 1.61. The van der Waals surface area contributed by atoms with Gasteiger partial charge in [0.25, 0.3) is 11.5 Å². The Labute approximate surface area is 268 Å². The third-order valence-corrected chi connectivity index (χ3v) is 9.09. The highest BCUT2D eigenvalue weighted by molar-refractivity contribution is 6.34. The zero-order chi connectivity index (χ0) is 32.5. The van der Waals surface area contributed by atoms with E-state index in [0.717, 1.165) is 22.0 Å². The van der Waals surface area contributed by atoms with Crippen molar-refractivity contribution in [3.63, 3.8) is 0 Å². The minimum atomic E-state index is -1.57. The standard InChI is InChI=1S/C31H32Cl2N6O6/c1-37-16-20(28(41)38(2)30(37)44)26(40)36-31(13-8-10-19(25(31)33)18-9-4-5-11-21(18)32)24-15-34-22(27(35-24)45-3)17-39-14-7-6-12-23(39)29(42)43/h4-5,8-11,13,15-16,23,25H,6-7,12,14,17H2,1-3H3,(H,36,40)(H,42,43)/t23-,25?,31?/m1/s1. The average molecular weight is 656 g/mol. The third-order valence-electron chi connectivity index (χ3n) is 8.18. The molecule has 1 aromatic carbocycles. The molecule has 3 atom stereocenters. The van der Waals surface area contributed by atoms with Gasteiger partial charge in [-0.3, -0.25) is 28.8 Å². The highest BCUT2D eigenvalue weighted by Crippen LogP contribution is 2.43. The van der Waals surface area contributed by atoms with Gasteiger partial charge in [-0.1, -0.05) is 54.4 Å². The second kappa shape index (κ2) is 13.0. The van der Waals surface area contributed by atoms with E-state index in [0.29, 0.717) is 34.8 Å². The predicted molar refractivity (Wildman–Crippen MR) is 169 cm³/mol. The summed E-state index contributed by atoms with van der Waals surface area (Å²) in [6.07, 6.45) is 9.93. The summed E-state index contributed by atoms with van der Waals surface area (Å²) in [5, 5.41) is 12.1. The maximum atomic E-state index is 13.8. The van der Waals surface area contributed by atoms with Crippen LogP contribution in [0.1, 0.15) is 46.6 Å². The molecule has 2 unspecified atom stereocenters. The molecule has 0 bridgehead atoms. The molecule has 2 N–H and O–H groups in total. The normalized spacial score (nSPS) is 21.7. The van der Waals surface area contributed by atoms with Crippen molar-refractivity contribution in [2.75, 3.05) is 13.7 Å². The molecule has 1 aliphatic carbocycles. The highest BCUT2D eigenvalue weighted by Gasteiger charge is 2.45. The number of nitrogens with zero attached hydrogens (tertiary/aromatic N) is 5. The van der Waals surface area contributed by atoms with E-state index in [1.54, 1.807) is 42.5 Å². The zero-order valence-corrected chi connectivity index (χ0v) is 26.4. The Morgan fingerprint density at radius 3 is 2.67 bits per heavy atom. The first-order valence-electron chi connectivity index (χ1n) is 14.2. The number of aromatic nitrogens is 4. The number of hydrogen-bond acceptors (Lipinski definition) is 8. The van der Waals surface area contributed by atoms with Gasteiger partial charge in [-0.15, -0.1) is 11.6 Å². The van der Waals surface area contributed by atoms with Crippen LogP contribution in [0.4, 0.5) is 0 Å². The topological polar surface area (TPSA) is 149 Å². The molecule has 2 aliphatic rings. The Hall–Kier alpha value is -4.26. The first-order valence-corrected chi connectivity index (χ1v) is 15.0. The smallest absolute Gasteiger partial charge is 0.330 e. The number of methoxy groups -OCH3 is 1. The van der Waals surface area contributed by atoms with Gasteiger partial charge in [0.2, 0.25) is 5.88 Å². The number of carboxylic acid groups (broad SMARTS) is 1. The highest BCUT2D eigenvalue weighted by atomic mass is 35.5. The monoisotopic (exact) mass is 654 g/mol. The first-order chi connectivity index (χ1) is 21.5. The SMILES string of the molecule is COc1nc(C2(NC(=O)c3cn(C)c(=O)n(C)c3=O)C=CC=C(c3ccccc3Cl)C2Cl)cnc1CN1CCCC[C@@H]1C(=O)O. The molecular formula is C31H32Cl2N6O6. The minimum absolute atomic E-state index is 0.125.